The minimum Gasteiger partial charge on any atom is -0.756 e. The molecular weight excluding hydrogens is 1050 g/mol. The van der Waals surface area contributed by atoms with Gasteiger partial charge in [0.05, 0.1) is 33.8 Å². The van der Waals surface area contributed by atoms with Crippen LogP contribution in [0.4, 0.5) is 0 Å². The maximum absolute atomic E-state index is 13.6. The second-order valence-corrected chi connectivity index (χ2v) is 27.1. The Morgan fingerprint density at radius 2 is 0.735 bits per heavy atom. The van der Waals surface area contributed by atoms with Gasteiger partial charge in [0.15, 0.2) is 0 Å². The molecule has 83 heavy (non-hydrogen) atoms. The fourth-order valence-corrected chi connectivity index (χ4v) is 11.4. The zero-order valence-electron chi connectivity index (χ0n) is 55.9. The Bertz CT molecular complexity index is 1560. The average molecular weight is 1190 g/mol. The van der Waals surface area contributed by atoms with E-state index < -0.39 is 20.0 Å². The first-order chi connectivity index (χ1) is 40.4. The summed E-state index contributed by atoms with van der Waals surface area (Å²) in [5.74, 6) is -0.527. The van der Waals surface area contributed by atoms with Gasteiger partial charge in [-0.25, -0.2) is 0 Å². The number of unbranched alkanes of at least 4 members (excludes halogenated alkanes) is 44. The van der Waals surface area contributed by atoms with Gasteiger partial charge in [0.25, 0.3) is 7.82 Å². The number of esters is 1. The summed E-state index contributed by atoms with van der Waals surface area (Å²) in [6.07, 6.45) is 79.5. The number of nitrogens with zero attached hydrogens (tertiary/aromatic N) is 1. The number of quaternary nitrogens is 1. The SMILES string of the molecule is CCCCC/C=C\C/C=C\CCCCCCCCCCCCCCCCCC(=O)NC(COP(=O)([O-])OCC[N+](C)(C)C)C(/C=C\CCCCCCCCCCC)OC(=O)CCCCCCCCCCCCC/C=C/CCCCCCCC. The highest BCUT2D eigenvalue weighted by molar-refractivity contribution is 7.45. The standard InChI is InChI=1S/C73H139N2O7P/c1-7-10-13-16-19-22-25-27-29-31-33-35-36-37-38-40-41-43-45-47-50-53-56-59-62-65-72(76)74-70(69-81-83(78,79)80-68-67-75(4,5)6)71(64-61-58-55-52-49-24-21-18-15-12-9-3)82-73(77)66-63-60-57-54-51-48-46-44-42-39-34-32-30-28-26-23-20-17-14-11-8-2/h19,22,27-30,61,64,70-71H,7-18,20-21,23-26,31-60,62-63,65-69H2,1-6H3,(H-,74,76,78,79)/b22-19-,29-27-,30-28+,64-61-. The molecule has 0 aliphatic heterocycles. The van der Waals surface area contributed by atoms with Gasteiger partial charge in [-0.1, -0.05) is 301 Å². The first kappa shape index (κ1) is 81.0. The summed E-state index contributed by atoms with van der Waals surface area (Å²) in [4.78, 5) is 40.2. The van der Waals surface area contributed by atoms with Gasteiger partial charge in [-0.05, 0) is 89.5 Å². The number of allylic oxidation sites excluding steroid dienone is 7. The number of hydrogen-bond acceptors (Lipinski definition) is 7. The van der Waals surface area contributed by atoms with Gasteiger partial charge in [0.2, 0.25) is 5.91 Å². The van der Waals surface area contributed by atoms with E-state index in [-0.39, 0.29) is 31.5 Å². The van der Waals surface area contributed by atoms with Crippen LogP contribution in [0.15, 0.2) is 48.6 Å². The van der Waals surface area contributed by atoms with Gasteiger partial charge in [-0.3, -0.25) is 14.2 Å². The van der Waals surface area contributed by atoms with Crippen molar-refractivity contribution >= 4 is 19.7 Å². The van der Waals surface area contributed by atoms with Gasteiger partial charge in [0, 0.05) is 12.8 Å². The molecule has 0 aromatic carbocycles. The Morgan fingerprint density at radius 3 is 1.12 bits per heavy atom. The number of nitrogens with one attached hydrogen (secondary N) is 1. The number of rotatable bonds is 66. The fraction of sp³-hybridized carbons (Fsp3) is 0.863. The maximum atomic E-state index is 13.6. The molecule has 0 radical (unpaired) electrons. The molecule has 0 rings (SSSR count). The second-order valence-electron chi connectivity index (χ2n) is 25.7. The minimum atomic E-state index is -4.70. The van der Waals surface area contributed by atoms with Crippen LogP contribution in [0.5, 0.6) is 0 Å². The largest absolute Gasteiger partial charge is 0.756 e. The van der Waals surface area contributed by atoms with Gasteiger partial charge >= 0.3 is 5.97 Å². The average Bonchev–Trinajstić information content (AvgIpc) is 3.51. The van der Waals surface area contributed by atoms with Crippen LogP contribution >= 0.6 is 7.82 Å². The number of hydrogen-bond donors (Lipinski definition) is 1. The monoisotopic (exact) mass is 1190 g/mol. The van der Waals surface area contributed by atoms with Gasteiger partial charge in [-0.2, -0.15) is 0 Å². The summed E-state index contributed by atoms with van der Waals surface area (Å²) in [5.41, 5.74) is 0. The zero-order valence-corrected chi connectivity index (χ0v) is 56.8. The van der Waals surface area contributed by atoms with E-state index >= 15 is 0 Å². The molecule has 0 saturated heterocycles. The number of phosphoric acid groups is 1. The number of phosphoric ester groups is 1. The summed E-state index contributed by atoms with van der Waals surface area (Å²) in [6, 6.07) is -0.887. The van der Waals surface area contributed by atoms with Crippen molar-refractivity contribution in [3.63, 3.8) is 0 Å². The molecule has 0 aliphatic carbocycles. The van der Waals surface area contributed by atoms with E-state index in [1.54, 1.807) is 0 Å². The number of ether oxygens (including phenoxy) is 1. The topological polar surface area (TPSA) is 114 Å². The Kier molecular flexibility index (Phi) is 61.5. The van der Waals surface area contributed by atoms with Crippen LogP contribution < -0.4 is 10.2 Å². The number of carbonyl (C=O) groups excluding carboxylic acids is 2. The summed E-state index contributed by atoms with van der Waals surface area (Å²) in [5, 5.41) is 3.05. The lowest BCUT2D eigenvalue weighted by molar-refractivity contribution is -0.870. The molecule has 10 heteroatoms. The number of carbonyl (C=O) groups is 2. The summed E-state index contributed by atoms with van der Waals surface area (Å²) < 4.78 is 30.4. The molecule has 0 saturated carbocycles. The maximum Gasteiger partial charge on any atom is 0.306 e. The molecule has 0 aromatic heterocycles. The highest BCUT2D eigenvalue weighted by Crippen LogP contribution is 2.38. The summed E-state index contributed by atoms with van der Waals surface area (Å²) in [7, 11) is 1.20. The quantitative estimate of drug-likeness (QED) is 0.0212. The van der Waals surface area contributed by atoms with Crippen molar-refractivity contribution in [3.05, 3.63) is 48.6 Å². The Hall–Kier alpha value is -2.03. The molecule has 488 valence electrons. The molecule has 0 aliphatic rings. The third-order valence-corrected chi connectivity index (χ3v) is 17.2. The molecule has 3 unspecified atom stereocenters. The smallest absolute Gasteiger partial charge is 0.306 e. The second kappa shape index (κ2) is 63.0. The number of amides is 1. The molecule has 1 N–H and O–H groups in total. The molecule has 0 spiro atoms. The molecule has 0 aromatic rings. The van der Waals surface area contributed by atoms with Crippen molar-refractivity contribution in [1.29, 1.82) is 0 Å². The molecule has 3 atom stereocenters. The van der Waals surface area contributed by atoms with E-state index in [0.29, 0.717) is 17.4 Å². The molecular formula is C73H139N2O7P. The zero-order chi connectivity index (χ0) is 60.7. The molecule has 0 fully saturated rings. The third-order valence-electron chi connectivity index (χ3n) is 16.2. The molecule has 0 bridgehead atoms. The lowest BCUT2D eigenvalue weighted by Crippen LogP contribution is -2.47. The Morgan fingerprint density at radius 1 is 0.422 bits per heavy atom. The van der Waals surface area contributed by atoms with Crippen molar-refractivity contribution in [2.24, 2.45) is 0 Å². The minimum absolute atomic E-state index is 0.0208. The van der Waals surface area contributed by atoms with Crippen molar-refractivity contribution in [1.82, 2.24) is 5.32 Å². The Balaban J connectivity index is 4.98. The van der Waals surface area contributed by atoms with E-state index in [2.05, 4.69) is 62.5 Å². The van der Waals surface area contributed by atoms with Crippen molar-refractivity contribution in [2.75, 3.05) is 40.9 Å². The first-order valence-electron chi connectivity index (χ1n) is 35.9. The van der Waals surface area contributed by atoms with E-state index in [4.69, 9.17) is 13.8 Å². The van der Waals surface area contributed by atoms with Crippen LogP contribution in [0, 0.1) is 0 Å². The molecule has 1 amide bonds. The first-order valence-corrected chi connectivity index (χ1v) is 37.4. The van der Waals surface area contributed by atoms with E-state index in [1.165, 1.54) is 257 Å². The summed E-state index contributed by atoms with van der Waals surface area (Å²) >= 11 is 0. The van der Waals surface area contributed by atoms with Crippen molar-refractivity contribution < 1.29 is 37.3 Å². The van der Waals surface area contributed by atoms with Gasteiger partial charge in [-0.15, -0.1) is 0 Å². The fourth-order valence-electron chi connectivity index (χ4n) is 10.7. The predicted octanol–water partition coefficient (Wildman–Crippen LogP) is 22.2. The van der Waals surface area contributed by atoms with Gasteiger partial charge in [0.1, 0.15) is 19.3 Å². The Labute approximate surface area is 516 Å². The van der Waals surface area contributed by atoms with Gasteiger partial charge < -0.3 is 28.5 Å². The van der Waals surface area contributed by atoms with Crippen LogP contribution in [-0.4, -0.2) is 69.4 Å². The highest BCUT2D eigenvalue weighted by Gasteiger charge is 2.27. The van der Waals surface area contributed by atoms with Crippen LogP contribution in [0.1, 0.15) is 355 Å². The molecule has 9 nitrogen and oxygen atoms in total. The lowest BCUT2D eigenvalue weighted by Gasteiger charge is -2.30. The van der Waals surface area contributed by atoms with Crippen LogP contribution in [-0.2, 0) is 27.9 Å². The summed E-state index contributed by atoms with van der Waals surface area (Å²) in [6.45, 7) is 6.86. The van der Waals surface area contributed by atoms with Crippen LogP contribution in [0.2, 0.25) is 0 Å². The van der Waals surface area contributed by atoms with Crippen molar-refractivity contribution in [3.8, 4) is 0 Å². The van der Waals surface area contributed by atoms with E-state index in [9.17, 15) is 19.0 Å². The van der Waals surface area contributed by atoms with Crippen LogP contribution in [0.3, 0.4) is 0 Å². The third kappa shape index (κ3) is 64.3. The van der Waals surface area contributed by atoms with E-state index in [1.807, 2.05) is 33.3 Å². The van der Waals surface area contributed by atoms with Crippen LogP contribution in [0.25, 0.3) is 0 Å². The highest BCUT2D eigenvalue weighted by atomic mass is 31.2. The lowest BCUT2D eigenvalue weighted by atomic mass is 10.0. The van der Waals surface area contributed by atoms with Crippen molar-refractivity contribution in [2.45, 2.75) is 367 Å². The normalized spacial score (nSPS) is 13.8. The molecule has 0 heterocycles. The predicted molar refractivity (Wildman–Crippen MR) is 358 cm³/mol. The number of likely N-dealkylation sites (N-methyl/N-ethyl adjacent to an activating group) is 1. The van der Waals surface area contributed by atoms with E-state index in [0.717, 1.165) is 64.2 Å².